The van der Waals surface area contributed by atoms with Crippen LogP contribution in [0.1, 0.15) is 42.3 Å². The van der Waals surface area contributed by atoms with Gasteiger partial charge in [-0.2, -0.15) is 0 Å². The SMILES string of the molecule is CC(C)(C)c1ccc(C(=O)Nc2cccc(NC(=O)/C=C/c3ccc(Cl)c([N+](=O)[O-])c3)c2)cc1. The molecule has 0 aliphatic rings. The lowest BCUT2D eigenvalue weighted by Crippen LogP contribution is -2.14. The number of anilines is 2. The largest absolute Gasteiger partial charge is 0.322 e. The summed E-state index contributed by atoms with van der Waals surface area (Å²) in [6, 6.07) is 18.5. The third kappa shape index (κ3) is 6.52. The first-order chi connectivity index (χ1) is 16.0. The Balaban J connectivity index is 1.64. The minimum Gasteiger partial charge on any atom is -0.322 e. The van der Waals surface area contributed by atoms with Gasteiger partial charge in [-0.1, -0.05) is 56.6 Å². The fraction of sp³-hybridized carbons (Fsp3) is 0.154. The smallest absolute Gasteiger partial charge is 0.288 e. The van der Waals surface area contributed by atoms with Crippen molar-refractivity contribution in [3.63, 3.8) is 0 Å². The van der Waals surface area contributed by atoms with E-state index in [1.807, 2.05) is 12.1 Å². The molecule has 0 aliphatic heterocycles. The van der Waals surface area contributed by atoms with Gasteiger partial charge in [-0.15, -0.1) is 0 Å². The van der Waals surface area contributed by atoms with Crippen molar-refractivity contribution in [1.29, 1.82) is 0 Å². The van der Waals surface area contributed by atoms with Crippen LogP contribution in [-0.2, 0) is 10.2 Å². The van der Waals surface area contributed by atoms with Crippen molar-refractivity contribution in [2.45, 2.75) is 26.2 Å². The highest BCUT2D eigenvalue weighted by Crippen LogP contribution is 2.26. The van der Waals surface area contributed by atoms with Crippen LogP contribution in [0.25, 0.3) is 6.08 Å². The predicted octanol–water partition coefficient (Wildman–Crippen LogP) is 6.45. The normalized spacial score (nSPS) is 11.3. The quantitative estimate of drug-likeness (QED) is 0.242. The van der Waals surface area contributed by atoms with Gasteiger partial charge >= 0.3 is 0 Å². The van der Waals surface area contributed by atoms with E-state index >= 15 is 0 Å². The van der Waals surface area contributed by atoms with Crippen molar-refractivity contribution < 1.29 is 14.5 Å². The molecule has 0 radical (unpaired) electrons. The number of halogens is 1. The molecule has 8 heteroatoms. The van der Waals surface area contributed by atoms with Crippen molar-refractivity contribution in [2.24, 2.45) is 0 Å². The number of hydrogen-bond acceptors (Lipinski definition) is 4. The first-order valence-corrected chi connectivity index (χ1v) is 10.9. The Kier molecular flexibility index (Phi) is 7.48. The second-order valence-corrected chi connectivity index (χ2v) is 9.06. The summed E-state index contributed by atoms with van der Waals surface area (Å²) in [4.78, 5) is 35.3. The zero-order chi connectivity index (χ0) is 24.9. The van der Waals surface area contributed by atoms with E-state index in [1.54, 1.807) is 42.5 Å². The van der Waals surface area contributed by atoms with Crippen LogP contribution in [0, 0.1) is 10.1 Å². The molecular weight excluding hydrogens is 454 g/mol. The van der Waals surface area contributed by atoms with Crippen molar-refractivity contribution in [3.05, 3.63) is 105 Å². The maximum atomic E-state index is 12.6. The number of rotatable bonds is 6. The molecule has 3 aromatic carbocycles. The van der Waals surface area contributed by atoms with Crippen LogP contribution in [0.3, 0.4) is 0 Å². The van der Waals surface area contributed by atoms with E-state index in [1.165, 1.54) is 24.3 Å². The average molecular weight is 478 g/mol. The average Bonchev–Trinajstić information content (AvgIpc) is 2.78. The first kappa shape index (κ1) is 24.7. The van der Waals surface area contributed by atoms with Gasteiger partial charge in [-0.05, 0) is 59.0 Å². The molecule has 7 nitrogen and oxygen atoms in total. The lowest BCUT2D eigenvalue weighted by molar-refractivity contribution is -0.384. The Morgan fingerprint density at radius 3 is 2.21 bits per heavy atom. The van der Waals surface area contributed by atoms with Gasteiger partial charge in [0.05, 0.1) is 4.92 Å². The van der Waals surface area contributed by atoms with Gasteiger partial charge in [0.1, 0.15) is 5.02 Å². The second-order valence-electron chi connectivity index (χ2n) is 8.65. The number of nitro benzene ring substituents is 1. The Labute approximate surface area is 202 Å². The molecule has 0 heterocycles. The molecule has 3 rings (SSSR count). The van der Waals surface area contributed by atoms with E-state index in [9.17, 15) is 19.7 Å². The standard InChI is InChI=1S/C26H24ClN3O4/c1-26(2,3)19-11-9-18(10-12-19)25(32)29-21-6-4-5-20(16-21)28-24(31)14-8-17-7-13-22(27)23(15-17)30(33)34/h4-16H,1-3H3,(H,28,31)(H,29,32)/b14-8+. The molecule has 2 N–H and O–H groups in total. The van der Waals surface area contributed by atoms with E-state index in [-0.39, 0.29) is 22.0 Å². The zero-order valence-electron chi connectivity index (χ0n) is 19.0. The Morgan fingerprint density at radius 1 is 0.941 bits per heavy atom. The molecule has 0 fully saturated rings. The molecule has 0 unspecified atom stereocenters. The topological polar surface area (TPSA) is 101 Å². The molecule has 0 bridgehead atoms. The minimum absolute atomic E-state index is 0.00172. The molecule has 174 valence electrons. The van der Waals surface area contributed by atoms with E-state index in [0.29, 0.717) is 22.5 Å². The maximum Gasteiger partial charge on any atom is 0.288 e. The maximum absolute atomic E-state index is 12.6. The van der Waals surface area contributed by atoms with Gasteiger partial charge in [0, 0.05) is 29.1 Å². The fourth-order valence-electron chi connectivity index (χ4n) is 3.13. The van der Waals surface area contributed by atoms with Gasteiger partial charge in [0.2, 0.25) is 5.91 Å². The Morgan fingerprint density at radius 2 is 1.59 bits per heavy atom. The monoisotopic (exact) mass is 477 g/mol. The van der Waals surface area contributed by atoms with E-state index in [0.717, 1.165) is 5.56 Å². The number of hydrogen-bond donors (Lipinski definition) is 2. The summed E-state index contributed by atoms with van der Waals surface area (Å²) in [5.41, 5.74) is 2.90. The number of nitrogens with one attached hydrogen (secondary N) is 2. The van der Waals surface area contributed by atoms with Crippen molar-refractivity contribution in [1.82, 2.24) is 0 Å². The molecular formula is C26H24ClN3O4. The summed E-state index contributed by atoms with van der Waals surface area (Å²) >= 11 is 5.80. The Hall–Kier alpha value is -3.97. The minimum atomic E-state index is -0.585. The van der Waals surface area contributed by atoms with Gasteiger partial charge in [-0.3, -0.25) is 19.7 Å². The predicted molar refractivity (Wildman–Crippen MR) is 135 cm³/mol. The first-order valence-electron chi connectivity index (χ1n) is 10.5. The molecule has 0 atom stereocenters. The van der Waals surface area contributed by atoms with Gasteiger partial charge < -0.3 is 10.6 Å². The van der Waals surface area contributed by atoms with Crippen LogP contribution in [0.2, 0.25) is 5.02 Å². The summed E-state index contributed by atoms with van der Waals surface area (Å²) in [6.07, 6.45) is 2.71. The van der Waals surface area contributed by atoms with E-state index < -0.39 is 10.8 Å². The van der Waals surface area contributed by atoms with Crippen LogP contribution >= 0.6 is 11.6 Å². The summed E-state index contributed by atoms with van der Waals surface area (Å²) < 4.78 is 0. The molecule has 3 aromatic rings. The summed E-state index contributed by atoms with van der Waals surface area (Å²) in [5, 5.41) is 16.5. The zero-order valence-corrected chi connectivity index (χ0v) is 19.7. The number of amides is 2. The van der Waals surface area contributed by atoms with Crippen molar-refractivity contribution in [3.8, 4) is 0 Å². The number of nitro groups is 1. The van der Waals surface area contributed by atoms with Gasteiger partial charge in [0.15, 0.2) is 0 Å². The third-order valence-corrected chi connectivity index (χ3v) is 5.31. The van der Waals surface area contributed by atoms with Crippen LogP contribution in [-0.4, -0.2) is 16.7 Å². The molecule has 34 heavy (non-hydrogen) atoms. The number of carbonyl (C=O) groups excluding carboxylic acids is 2. The summed E-state index contributed by atoms with van der Waals surface area (Å²) in [6.45, 7) is 6.32. The summed E-state index contributed by atoms with van der Waals surface area (Å²) in [5.74, 6) is -0.688. The second kappa shape index (κ2) is 10.3. The van der Waals surface area contributed by atoms with Crippen molar-refractivity contribution in [2.75, 3.05) is 10.6 Å². The fourth-order valence-corrected chi connectivity index (χ4v) is 3.32. The van der Waals surface area contributed by atoms with Gasteiger partial charge in [0.25, 0.3) is 11.6 Å². The van der Waals surface area contributed by atoms with Crippen LogP contribution in [0.4, 0.5) is 17.1 Å². The highest BCUT2D eigenvalue weighted by Gasteiger charge is 2.15. The number of benzene rings is 3. The molecule has 0 aliphatic carbocycles. The molecule has 0 spiro atoms. The number of carbonyl (C=O) groups is 2. The highest BCUT2D eigenvalue weighted by atomic mass is 35.5. The van der Waals surface area contributed by atoms with E-state index in [4.69, 9.17) is 11.6 Å². The summed E-state index contributed by atoms with van der Waals surface area (Å²) in [7, 11) is 0. The third-order valence-electron chi connectivity index (χ3n) is 5.00. The number of nitrogens with zero attached hydrogens (tertiary/aromatic N) is 1. The van der Waals surface area contributed by atoms with E-state index in [2.05, 4.69) is 31.4 Å². The Bertz CT molecular complexity index is 1260. The van der Waals surface area contributed by atoms with Crippen LogP contribution in [0.5, 0.6) is 0 Å². The molecule has 0 saturated heterocycles. The van der Waals surface area contributed by atoms with Gasteiger partial charge in [-0.25, -0.2) is 0 Å². The lowest BCUT2D eigenvalue weighted by atomic mass is 9.87. The molecule has 0 saturated carbocycles. The lowest BCUT2D eigenvalue weighted by Gasteiger charge is -2.19. The van der Waals surface area contributed by atoms with Crippen molar-refractivity contribution >= 4 is 46.6 Å². The van der Waals surface area contributed by atoms with Crippen LogP contribution in [0.15, 0.2) is 72.8 Å². The molecule has 2 amide bonds. The molecule has 0 aromatic heterocycles. The highest BCUT2D eigenvalue weighted by molar-refractivity contribution is 6.32. The van der Waals surface area contributed by atoms with Crippen LogP contribution < -0.4 is 10.6 Å².